The van der Waals surface area contributed by atoms with E-state index in [1.54, 1.807) is 17.1 Å². The monoisotopic (exact) mass is 320 g/mol. The van der Waals surface area contributed by atoms with E-state index in [0.29, 0.717) is 12.2 Å². The van der Waals surface area contributed by atoms with E-state index in [0.717, 1.165) is 16.9 Å². The largest absolute Gasteiger partial charge is 0.347 e. The quantitative estimate of drug-likeness (QED) is 0.784. The van der Waals surface area contributed by atoms with Gasteiger partial charge >= 0.3 is 0 Å². The third kappa shape index (κ3) is 3.51. The molecule has 2 heterocycles. The molecule has 0 radical (unpaired) electrons. The van der Waals surface area contributed by atoms with Crippen molar-refractivity contribution in [3.8, 4) is 5.69 Å². The van der Waals surface area contributed by atoms with Crippen molar-refractivity contribution in [1.29, 1.82) is 0 Å². The predicted molar refractivity (Wildman–Crippen MR) is 93.1 cm³/mol. The molecule has 1 amide bonds. The zero-order valence-corrected chi connectivity index (χ0v) is 13.8. The zero-order valence-electron chi connectivity index (χ0n) is 13.8. The molecule has 5 heteroatoms. The lowest BCUT2D eigenvalue weighted by Crippen LogP contribution is -2.25. The molecule has 1 N–H and O–H groups in total. The highest BCUT2D eigenvalue weighted by Crippen LogP contribution is 2.18. The number of pyridine rings is 1. The Labute approximate surface area is 141 Å². The normalized spacial score (nSPS) is 10.8. The van der Waals surface area contributed by atoms with Crippen LogP contribution in [0.1, 0.15) is 41.5 Å². The molecule has 0 aliphatic rings. The molecule has 0 saturated heterocycles. The van der Waals surface area contributed by atoms with Crippen LogP contribution in [0.3, 0.4) is 0 Å². The minimum atomic E-state index is -0.143. The van der Waals surface area contributed by atoms with Gasteiger partial charge in [0.15, 0.2) is 0 Å². The first-order valence-corrected chi connectivity index (χ1v) is 7.97. The van der Waals surface area contributed by atoms with Crippen LogP contribution in [0.2, 0.25) is 0 Å². The van der Waals surface area contributed by atoms with E-state index in [1.165, 1.54) is 0 Å². The Morgan fingerprint density at radius 1 is 1.12 bits per heavy atom. The molecule has 0 bridgehead atoms. The van der Waals surface area contributed by atoms with Crippen molar-refractivity contribution < 1.29 is 4.79 Å². The Balaban J connectivity index is 1.87. The van der Waals surface area contributed by atoms with Crippen molar-refractivity contribution in [2.45, 2.75) is 26.3 Å². The first kappa shape index (κ1) is 15.9. The molecule has 24 heavy (non-hydrogen) atoms. The van der Waals surface area contributed by atoms with E-state index in [4.69, 9.17) is 0 Å². The van der Waals surface area contributed by atoms with Gasteiger partial charge in [0.05, 0.1) is 11.4 Å². The smallest absolute Gasteiger partial charge is 0.270 e. The Bertz CT molecular complexity index is 810. The van der Waals surface area contributed by atoms with Gasteiger partial charge in [0.1, 0.15) is 5.69 Å². The molecule has 0 spiro atoms. The first-order chi connectivity index (χ1) is 11.6. The van der Waals surface area contributed by atoms with Crippen LogP contribution in [-0.4, -0.2) is 20.7 Å². The van der Waals surface area contributed by atoms with Crippen LogP contribution in [0, 0.1) is 0 Å². The highest BCUT2D eigenvalue weighted by Gasteiger charge is 2.17. The summed E-state index contributed by atoms with van der Waals surface area (Å²) in [5.74, 6) is 0.108. The second kappa shape index (κ2) is 7.08. The molecule has 0 atom stereocenters. The molecule has 0 fully saturated rings. The molecule has 122 valence electrons. The Morgan fingerprint density at radius 3 is 2.50 bits per heavy atom. The number of hydrogen-bond acceptors (Lipinski definition) is 3. The third-order valence-corrected chi connectivity index (χ3v) is 3.76. The second-order valence-electron chi connectivity index (χ2n) is 5.89. The number of hydrogen-bond donors (Lipinski definition) is 1. The van der Waals surface area contributed by atoms with E-state index in [-0.39, 0.29) is 11.8 Å². The Kier molecular flexibility index (Phi) is 4.70. The molecular formula is C19H20N4O. The summed E-state index contributed by atoms with van der Waals surface area (Å²) < 4.78 is 1.71. The first-order valence-electron chi connectivity index (χ1n) is 7.97. The van der Waals surface area contributed by atoms with Crippen molar-refractivity contribution in [2.24, 2.45) is 0 Å². The molecule has 2 aromatic heterocycles. The van der Waals surface area contributed by atoms with Gasteiger partial charge in [-0.05, 0) is 41.8 Å². The lowest BCUT2D eigenvalue weighted by molar-refractivity contribution is 0.0943. The van der Waals surface area contributed by atoms with Crippen LogP contribution in [0.25, 0.3) is 5.69 Å². The summed E-state index contributed by atoms with van der Waals surface area (Å²) in [6, 6.07) is 15.3. The average Bonchev–Trinajstić information content (AvgIpc) is 3.07. The van der Waals surface area contributed by atoms with Crippen LogP contribution < -0.4 is 5.32 Å². The molecule has 0 unspecified atom stereocenters. The standard InChI is InChI=1S/C19H20N4O/c1-14(2)17-12-18(23(22-17)16-6-4-3-5-7-16)19(24)21-13-15-8-10-20-11-9-15/h3-12,14H,13H2,1-2H3,(H,21,24). The maximum Gasteiger partial charge on any atom is 0.270 e. The number of nitrogens with one attached hydrogen (secondary N) is 1. The van der Waals surface area contributed by atoms with Crippen molar-refractivity contribution in [1.82, 2.24) is 20.1 Å². The van der Waals surface area contributed by atoms with Crippen LogP contribution in [0.15, 0.2) is 60.9 Å². The average molecular weight is 320 g/mol. The lowest BCUT2D eigenvalue weighted by atomic mass is 10.1. The second-order valence-corrected chi connectivity index (χ2v) is 5.89. The highest BCUT2D eigenvalue weighted by molar-refractivity contribution is 5.93. The summed E-state index contributed by atoms with van der Waals surface area (Å²) >= 11 is 0. The van der Waals surface area contributed by atoms with Crippen molar-refractivity contribution in [3.05, 3.63) is 77.9 Å². The predicted octanol–water partition coefficient (Wildman–Crippen LogP) is 3.32. The molecular weight excluding hydrogens is 300 g/mol. The van der Waals surface area contributed by atoms with Gasteiger partial charge in [0, 0.05) is 18.9 Å². The Hall–Kier alpha value is -2.95. The fourth-order valence-corrected chi connectivity index (χ4v) is 2.38. The number of carbonyl (C=O) groups is 1. The molecule has 3 aromatic rings. The van der Waals surface area contributed by atoms with Gasteiger partial charge in [-0.3, -0.25) is 9.78 Å². The van der Waals surface area contributed by atoms with Crippen LogP contribution in [-0.2, 0) is 6.54 Å². The van der Waals surface area contributed by atoms with E-state index in [2.05, 4.69) is 29.2 Å². The molecule has 1 aromatic carbocycles. The van der Waals surface area contributed by atoms with Gasteiger partial charge in [0.2, 0.25) is 0 Å². The van der Waals surface area contributed by atoms with Crippen LogP contribution >= 0.6 is 0 Å². The number of amides is 1. The van der Waals surface area contributed by atoms with E-state index >= 15 is 0 Å². The number of benzene rings is 1. The van der Waals surface area contributed by atoms with E-state index < -0.39 is 0 Å². The van der Waals surface area contributed by atoms with E-state index in [1.807, 2.05) is 48.5 Å². The fourth-order valence-electron chi connectivity index (χ4n) is 2.38. The van der Waals surface area contributed by atoms with Crippen molar-refractivity contribution >= 4 is 5.91 Å². The van der Waals surface area contributed by atoms with Gasteiger partial charge in [-0.25, -0.2) is 4.68 Å². The minimum Gasteiger partial charge on any atom is -0.347 e. The summed E-state index contributed by atoms with van der Waals surface area (Å²) in [4.78, 5) is 16.6. The van der Waals surface area contributed by atoms with Crippen LogP contribution in [0.5, 0.6) is 0 Å². The Morgan fingerprint density at radius 2 is 1.83 bits per heavy atom. The summed E-state index contributed by atoms with van der Waals surface area (Å²) in [5.41, 5.74) is 3.32. The van der Waals surface area contributed by atoms with Gasteiger partial charge in [-0.1, -0.05) is 32.0 Å². The van der Waals surface area contributed by atoms with Crippen molar-refractivity contribution in [3.63, 3.8) is 0 Å². The maximum absolute atomic E-state index is 12.7. The van der Waals surface area contributed by atoms with Gasteiger partial charge in [-0.2, -0.15) is 5.10 Å². The zero-order chi connectivity index (χ0) is 16.9. The SMILES string of the molecule is CC(C)c1cc(C(=O)NCc2ccncc2)n(-c2ccccc2)n1. The summed E-state index contributed by atoms with van der Waals surface area (Å²) in [7, 11) is 0. The lowest BCUT2D eigenvalue weighted by Gasteiger charge is -2.08. The van der Waals surface area contributed by atoms with E-state index in [9.17, 15) is 4.79 Å². The molecule has 0 saturated carbocycles. The van der Waals surface area contributed by atoms with Gasteiger partial charge in [-0.15, -0.1) is 0 Å². The minimum absolute atomic E-state index is 0.143. The molecule has 0 aliphatic carbocycles. The number of aromatic nitrogens is 3. The number of para-hydroxylation sites is 1. The highest BCUT2D eigenvalue weighted by atomic mass is 16.2. The van der Waals surface area contributed by atoms with Gasteiger partial charge < -0.3 is 5.32 Å². The number of rotatable bonds is 5. The molecule has 0 aliphatic heterocycles. The fraction of sp³-hybridized carbons (Fsp3) is 0.211. The summed E-state index contributed by atoms with van der Waals surface area (Å²) in [6.45, 7) is 4.59. The number of nitrogens with zero attached hydrogens (tertiary/aromatic N) is 3. The van der Waals surface area contributed by atoms with Crippen LogP contribution in [0.4, 0.5) is 0 Å². The molecule has 3 rings (SSSR count). The summed E-state index contributed by atoms with van der Waals surface area (Å²) in [6.07, 6.45) is 3.43. The van der Waals surface area contributed by atoms with Crippen molar-refractivity contribution in [2.75, 3.05) is 0 Å². The molecule has 5 nitrogen and oxygen atoms in total. The maximum atomic E-state index is 12.7. The van der Waals surface area contributed by atoms with Gasteiger partial charge in [0.25, 0.3) is 5.91 Å². The topological polar surface area (TPSA) is 59.8 Å². The number of carbonyl (C=O) groups excluding carboxylic acids is 1. The third-order valence-electron chi connectivity index (χ3n) is 3.76. The summed E-state index contributed by atoms with van der Waals surface area (Å²) in [5, 5.41) is 7.55.